The summed E-state index contributed by atoms with van der Waals surface area (Å²) in [6.07, 6.45) is 3.24. The van der Waals surface area contributed by atoms with Crippen LogP contribution in [0, 0.1) is 0 Å². The molecule has 3 heteroatoms. The van der Waals surface area contributed by atoms with Gasteiger partial charge >= 0.3 is 0 Å². The molecule has 86 valence electrons. The summed E-state index contributed by atoms with van der Waals surface area (Å²) < 4.78 is 5.56. The zero-order valence-electron chi connectivity index (χ0n) is 9.92. The first-order valence-corrected chi connectivity index (χ1v) is 5.96. The molecule has 2 rings (SSSR count). The minimum Gasteiger partial charge on any atom is -0.441 e. The van der Waals surface area contributed by atoms with Crippen LogP contribution in [-0.4, -0.2) is 11.5 Å². The lowest BCUT2D eigenvalue weighted by Gasteiger charge is -2.03. The SMILES string of the molecule is CCCCNc1ccc2oc(CC)nc2c1. The fraction of sp³-hybridized carbons (Fsp3) is 0.462. The van der Waals surface area contributed by atoms with Gasteiger partial charge in [-0.3, -0.25) is 0 Å². The third-order valence-corrected chi connectivity index (χ3v) is 2.59. The van der Waals surface area contributed by atoms with E-state index in [9.17, 15) is 0 Å². The zero-order chi connectivity index (χ0) is 11.4. The van der Waals surface area contributed by atoms with Crippen molar-refractivity contribution in [3.05, 3.63) is 24.1 Å². The van der Waals surface area contributed by atoms with Crippen LogP contribution in [0.5, 0.6) is 0 Å². The monoisotopic (exact) mass is 218 g/mol. The van der Waals surface area contributed by atoms with Gasteiger partial charge in [0.1, 0.15) is 5.52 Å². The topological polar surface area (TPSA) is 38.1 Å². The van der Waals surface area contributed by atoms with Crippen molar-refractivity contribution in [1.29, 1.82) is 0 Å². The van der Waals surface area contributed by atoms with Gasteiger partial charge in [-0.2, -0.15) is 0 Å². The molecule has 0 bridgehead atoms. The summed E-state index contributed by atoms with van der Waals surface area (Å²) in [6.45, 7) is 5.25. The van der Waals surface area contributed by atoms with E-state index in [1.165, 1.54) is 12.8 Å². The van der Waals surface area contributed by atoms with Crippen molar-refractivity contribution in [2.75, 3.05) is 11.9 Å². The molecule has 0 aliphatic carbocycles. The van der Waals surface area contributed by atoms with E-state index in [2.05, 4.69) is 17.2 Å². The Morgan fingerprint density at radius 1 is 1.31 bits per heavy atom. The van der Waals surface area contributed by atoms with Crippen LogP contribution in [0.3, 0.4) is 0 Å². The molecule has 0 atom stereocenters. The number of hydrogen-bond acceptors (Lipinski definition) is 3. The number of benzene rings is 1. The number of fused-ring (bicyclic) bond motifs is 1. The maximum atomic E-state index is 5.56. The van der Waals surface area contributed by atoms with Gasteiger partial charge in [0.15, 0.2) is 11.5 Å². The lowest BCUT2D eigenvalue weighted by atomic mass is 10.2. The first-order chi connectivity index (χ1) is 7.83. The zero-order valence-corrected chi connectivity index (χ0v) is 9.92. The van der Waals surface area contributed by atoms with Crippen LogP contribution in [0.1, 0.15) is 32.6 Å². The molecule has 0 fully saturated rings. The van der Waals surface area contributed by atoms with Crippen LogP contribution in [0.2, 0.25) is 0 Å². The average Bonchev–Trinajstić information content (AvgIpc) is 2.71. The second kappa shape index (κ2) is 5.01. The predicted octanol–water partition coefficient (Wildman–Crippen LogP) is 3.60. The first-order valence-electron chi connectivity index (χ1n) is 5.96. The maximum Gasteiger partial charge on any atom is 0.195 e. The van der Waals surface area contributed by atoms with Crippen molar-refractivity contribution in [3.8, 4) is 0 Å². The molecule has 0 saturated heterocycles. The number of anilines is 1. The molecule has 0 amide bonds. The van der Waals surface area contributed by atoms with Crippen LogP contribution in [0.15, 0.2) is 22.6 Å². The van der Waals surface area contributed by atoms with E-state index in [-0.39, 0.29) is 0 Å². The highest BCUT2D eigenvalue weighted by Gasteiger charge is 2.04. The quantitative estimate of drug-likeness (QED) is 0.779. The summed E-state index contributed by atoms with van der Waals surface area (Å²) in [5.74, 6) is 0.806. The van der Waals surface area contributed by atoms with Gasteiger partial charge in [-0.25, -0.2) is 4.98 Å². The Balaban J connectivity index is 2.15. The smallest absolute Gasteiger partial charge is 0.195 e. The molecule has 16 heavy (non-hydrogen) atoms. The highest BCUT2D eigenvalue weighted by atomic mass is 16.3. The first kappa shape index (κ1) is 11.0. The molecular weight excluding hydrogens is 200 g/mol. The van der Waals surface area contributed by atoms with E-state index in [0.717, 1.165) is 35.6 Å². The summed E-state index contributed by atoms with van der Waals surface area (Å²) in [4.78, 5) is 4.41. The Morgan fingerprint density at radius 3 is 2.94 bits per heavy atom. The van der Waals surface area contributed by atoms with Gasteiger partial charge in [-0.1, -0.05) is 20.3 Å². The minimum atomic E-state index is 0.806. The van der Waals surface area contributed by atoms with Gasteiger partial charge in [-0.15, -0.1) is 0 Å². The number of nitrogens with zero attached hydrogens (tertiary/aromatic N) is 1. The van der Waals surface area contributed by atoms with Gasteiger partial charge in [0.05, 0.1) is 0 Å². The van der Waals surface area contributed by atoms with Crippen molar-refractivity contribution in [2.45, 2.75) is 33.1 Å². The number of rotatable bonds is 5. The second-order valence-electron chi connectivity index (χ2n) is 3.92. The summed E-state index contributed by atoms with van der Waals surface area (Å²) in [6, 6.07) is 6.08. The van der Waals surface area contributed by atoms with Gasteiger partial charge in [0, 0.05) is 18.7 Å². The average molecular weight is 218 g/mol. The molecule has 3 nitrogen and oxygen atoms in total. The number of nitrogens with one attached hydrogen (secondary N) is 1. The number of aromatic nitrogens is 1. The fourth-order valence-corrected chi connectivity index (χ4v) is 1.65. The van der Waals surface area contributed by atoms with Crippen molar-refractivity contribution in [2.24, 2.45) is 0 Å². The summed E-state index contributed by atoms with van der Waals surface area (Å²) in [7, 11) is 0. The van der Waals surface area contributed by atoms with Gasteiger partial charge < -0.3 is 9.73 Å². The maximum absolute atomic E-state index is 5.56. The van der Waals surface area contributed by atoms with Gasteiger partial charge in [0.25, 0.3) is 0 Å². The Morgan fingerprint density at radius 2 is 2.19 bits per heavy atom. The Kier molecular flexibility index (Phi) is 3.44. The molecule has 0 saturated carbocycles. The second-order valence-corrected chi connectivity index (χ2v) is 3.92. The van der Waals surface area contributed by atoms with E-state index in [1.54, 1.807) is 0 Å². The molecule has 0 unspecified atom stereocenters. The molecule has 1 aromatic carbocycles. The van der Waals surface area contributed by atoms with Crippen molar-refractivity contribution < 1.29 is 4.42 Å². The van der Waals surface area contributed by atoms with Crippen LogP contribution < -0.4 is 5.32 Å². The molecule has 2 aromatic rings. The third kappa shape index (κ3) is 2.35. The number of hydrogen-bond donors (Lipinski definition) is 1. The summed E-state index contributed by atoms with van der Waals surface area (Å²) >= 11 is 0. The molecular formula is C13H18N2O. The third-order valence-electron chi connectivity index (χ3n) is 2.59. The Hall–Kier alpha value is -1.51. The number of unbranched alkanes of at least 4 members (excludes halogenated alkanes) is 1. The number of aryl methyl sites for hydroxylation is 1. The van der Waals surface area contributed by atoms with Crippen LogP contribution in [0.4, 0.5) is 5.69 Å². The molecule has 0 radical (unpaired) electrons. The largest absolute Gasteiger partial charge is 0.441 e. The van der Waals surface area contributed by atoms with E-state index in [1.807, 2.05) is 25.1 Å². The molecule has 1 aromatic heterocycles. The van der Waals surface area contributed by atoms with E-state index >= 15 is 0 Å². The fourth-order valence-electron chi connectivity index (χ4n) is 1.65. The standard InChI is InChI=1S/C13H18N2O/c1-3-5-8-14-10-6-7-12-11(9-10)15-13(4-2)16-12/h6-7,9,14H,3-5,8H2,1-2H3. The van der Waals surface area contributed by atoms with Gasteiger partial charge in [-0.05, 0) is 24.6 Å². The highest BCUT2D eigenvalue weighted by molar-refractivity contribution is 5.77. The number of oxazole rings is 1. The van der Waals surface area contributed by atoms with Crippen molar-refractivity contribution in [3.63, 3.8) is 0 Å². The molecule has 0 aliphatic heterocycles. The lowest BCUT2D eigenvalue weighted by molar-refractivity contribution is 0.538. The van der Waals surface area contributed by atoms with E-state index < -0.39 is 0 Å². The Labute approximate surface area is 95.9 Å². The van der Waals surface area contributed by atoms with E-state index in [4.69, 9.17) is 4.42 Å². The predicted molar refractivity (Wildman–Crippen MR) is 66.8 cm³/mol. The van der Waals surface area contributed by atoms with E-state index in [0.29, 0.717) is 0 Å². The van der Waals surface area contributed by atoms with Crippen LogP contribution in [0.25, 0.3) is 11.1 Å². The molecule has 0 aliphatic rings. The molecule has 1 heterocycles. The van der Waals surface area contributed by atoms with Crippen LogP contribution in [-0.2, 0) is 6.42 Å². The van der Waals surface area contributed by atoms with Gasteiger partial charge in [0.2, 0.25) is 0 Å². The normalized spacial score (nSPS) is 10.9. The lowest BCUT2D eigenvalue weighted by Crippen LogP contribution is -2.00. The van der Waals surface area contributed by atoms with Crippen molar-refractivity contribution >= 4 is 16.8 Å². The molecule has 1 N–H and O–H groups in total. The van der Waals surface area contributed by atoms with Crippen LogP contribution >= 0.6 is 0 Å². The molecule has 0 spiro atoms. The Bertz CT molecular complexity index is 462. The minimum absolute atomic E-state index is 0.806. The highest BCUT2D eigenvalue weighted by Crippen LogP contribution is 2.20. The summed E-state index contributed by atoms with van der Waals surface area (Å²) in [5, 5.41) is 3.38. The summed E-state index contributed by atoms with van der Waals surface area (Å²) in [5.41, 5.74) is 2.94. The van der Waals surface area contributed by atoms with Crippen molar-refractivity contribution in [1.82, 2.24) is 4.98 Å².